The van der Waals surface area contributed by atoms with Gasteiger partial charge in [0.2, 0.25) is 0 Å². The second-order valence-corrected chi connectivity index (χ2v) is 8.23. The highest BCUT2D eigenvalue weighted by Crippen LogP contribution is 2.23. The van der Waals surface area contributed by atoms with Gasteiger partial charge in [-0.05, 0) is 47.9 Å². The van der Waals surface area contributed by atoms with Crippen molar-refractivity contribution < 1.29 is 14.7 Å². The lowest BCUT2D eigenvalue weighted by Gasteiger charge is -2.35. The second-order valence-electron chi connectivity index (χ2n) is 8.23. The number of nitrogens with one attached hydrogen (secondary N) is 1. The van der Waals surface area contributed by atoms with Crippen molar-refractivity contribution in [3.8, 4) is 5.75 Å². The molecule has 1 fully saturated rings. The molecule has 0 atom stereocenters. The molecule has 5 rings (SSSR count). The molecule has 0 radical (unpaired) electrons. The quantitative estimate of drug-likeness (QED) is 0.509. The van der Waals surface area contributed by atoms with Gasteiger partial charge in [0.25, 0.3) is 11.8 Å². The summed E-state index contributed by atoms with van der Waals surface area (Å²) >= 11 is 0. The van der Waals surface area contributed by atoms with Crippen molar-refractivity contribution in [3.63, 3.8) is 0 Å². The first kappa shape index (κ1) is 20.8. The first-order valence-electron chi connectivity index (χ1n) is 11.0. The van der Waals surface area contributed by atoms with Gasteiger partial charge in [-0.15, -0.1) is 0 Å². The summed E-state index contributed by atoms with van der Waals surface area (Å²) in [6.07, 6.45) is 2.29. The zero-order valence-corrected chi connectivity index (χ0v) is 18.1. The summed E-state index contributed by atoms with van der Waals surface area (Å²) in [5, 5.41) is 10.3. The van der Waals surface area contributed by atoms with E-state index in [1.807, 2.05) is 42.5 Å². The smallest absolute Gasteiger partial charge is 0.257 e. The van der Waals surface area contributed by atoms with Crippen LogP contribution >= 0.6 is 0 Å². The van der Waals surface area contributed by atoms with Crippen LogP contribution in [-0.4, -0.2) is 62.9 Å². The van der Waals surface area contributed by atoms with Gasteiger partial charge in [0.15, 0.2) is 0 Å². The van der Waals surface area contributed by atoms with Crippen molar-refractivity contribution in [1.29, 1.82) is 0 Å². The van der Waals surface area contributed by atoms with E-state index in [1.54, 1.807) is 40.4 Å². The lowest BCUT2D eigenvalue weighted by molar-refractivity contribution is 0.0533. The van der Waals surface area contributed by atoms with Gasteiger partial charge in [-0.1, -0.05) is 36.4 Å². The topological polar surface area (TPSA) is 89.5 Å². The van der Waals surface area contributed by atoms with Crippen LogP contribution in [-0.2, 0) is 6.42 Å². The molecule has 166 valence electrons. The number of hydrogen-bond acceptors (Lipinski definition) is 4. The van der Waals surface area contributed by atoms with Crippen molar-refractivity contribution in [2.75, 3.05) is 26.2 Å². The standard InChI is InChI=1S/C26H24N4O3/c31-24-9-6-19(14-18-4-2-1-3-5-18)15-21(24)26(33)30-12-10-29(11-13-30)25(32)20-7-8-22-23(16-20)28-17-27-22/h1-9,15-17,31H,10-14H2,(H,27,28). The predicted octanol–water partition coefficient (Wildman–Crippen LogP) is 3.46. The van der Waals surface area contributed by atoms with E-state index >= 15 is 0 Å². The summed E-state index contributed by atoms with van der Waals surface area (Å²) in [6.45, 7) is 1.71. The maximum Gasteiger partial charge on any atom is 0.257 e. The van der Waals surface area contributed by atoms with E-state index in [0.717, 1.165) is 22.2 Å². The number of hydrogen-bond donors (Lipinski definition) is 2. The molecule has 7 nitrogen and oxygen atoms in total. The molecule has 1 aliphatic heterocycles. The molecule has 1 saturated heterocycles. The highest BCUT2D eigenvalue weighted by molar-refractivity contribution is 5.99. The van der Waals surface area contributed by atoms with E-state index < -0.39 is 0 Å². The van der Waals surface area contributed by atoms with Crippen molar-refractivity contribution in [3.05, 3.63) is 95.3 Å². The Labute approximate surface area is 191 Å². The van der Waals surface area contributed by atoms with Crippen LogP contribution in [0.5, 0.6) is 5.75 Å². The number of aromatic nitrogens is 2. The molecule has 2 amide bonds. The summed E-state index contributed by atoms with van der Waals surface area (Å²) in [6, 6.07) is 20.6. The highest BCUT2D eigenvalue weighted by Gasteiger charge is 2.27. The molecular formula is C26H24N4O3. The number of nitrogens with zero attached hydrogens (tertiary/aromatic N) is 3. The largest absolute Gasteiger partial charge is 0.507 e. The minimum Gasteiger partial charge on any atom is -0.507 e. The van der Waals surface area contributed by atoms with Crippen LogP contribution in [0, 0.1) is 0 Å². The van der Waals surface area contributed by atoms with Gasteiger partial charge in [0.1, 0.15) is 5.75 Å². The lowest BCUT2D eigenvalue weighted by atomic mass is 10.0. The molecule has 0 saturated carbocycles. The highest BCUT2D eigenvalue weighted by atomic mass is 16.3. The second kappa shape index (κ2) is 8.78. The van der Waals surface area contributed by atoms with Gasteiger partial charge < -0.3 is 19.9 Å². The third kappa shape index (κ3) is 4.30. The molecule has 33 heavy (non-hydrogen) atoms. The summed E-state index contributed by atoms with van der Waals surface area (Å²) in [7, 11) is 0. The number of carbonyl (C=O) groups is 2. The molecule has 1 aliphatic rings. The van der Waals surface area contributed by atoms with Gasteiger partial charge in [0, 0.05) is 31.7 Å². The molecule has 0 unspecified atom stereocenters. The van der Waals surface area contributed by atoms with Crippen LogP contribution in [0.15, 0.2) is 73.1 Å². The Kier molecular flexibility index (Phi) is 5.52. The molecule has 7 heteroatoms. The van der Waals surface area contributed by atoms with E-state index in [1.165, 1.54) is 0 Å². The zero-order chi connectivity index (χ0) is 22.8. The number of phenols is 1. The molecule has 2 heterocycles. The van der Waals surface area contributed by atoms with E-state index in [0.29, 0.717) is 43.7 Å². The Hall–Kier alpha value is -4.13. The maximum absolute atomic E-state index is 13.1. The number of aromatic amines is 1. The Morgan fingerprint density at radius 1 is 0.848 bits per heavy atom. The van der Waals surface area contributed by atoms with Crippen LogP contribution in [0.2, 0.25) is 0 Å². The summed E-state index contributed by atoms with van der Waals surface area (Å²) < 4.78 is 0. The number of piperazine rings is 1. The van der Waals surface area contributed by atoms with Crippen LogP contribution in [0.1, 0.15) is 31.8 Å². The first-order chi connectivity index (χ1) is 16.1. The third-order valence-electron chi connectivity index (χ3n) is 6.06. The number of aromatic hydroxyl groups is 1. The fraction of sp³-hybridized carbons (Fsp3) is 0.192. The first-order valence-corrected chi connectivity index (χ1v) is 11.0. The molecule has 2 N–H and O–H groups in total. The van der Waals surface area contributed by atoms with E-state index in [2.05, 4.69) is 9.97 Å². The number of benzene rings is 3. The number of amides is 2. The number of H-pyrrole nitrogens is 1. The van der Waals surface area contributed by atoms with Crippen LogP contribution in [0.25, 0.3) is 11.0 Å². The Bertz CT molecular complexity index is 1310. The third-order valence-corrected chi connectivity index (χ3v) is 6.06. The molecule has 1 aromatic heterocycles. The van der Waals surface area contributed by atoms with E-state index in [4.69, 9.17) is 0 Å². The minimum atomic E-state index is -0.214. The minimum absolute atomic E-state index is 0.0248. The average Bonchev–Trinajstić information content (AvgIpc) is 3.33. The van der Waals surface area contributed by atoms with Crippen LogP contribution in [0.4, 0.5) is 0 Å². The summed E-state index contributed by atoms with van der Waals surface area (Å²) in [4.78, 5) is 36.7. The monoisotopic (exact) mass is 440 g/mol. The normalized spacial score (nSPS) is 13.9. The molecular weight excluding hydrogens is 416 g/mol. The summed E-state index contributed by atoms with van der Waals surface area (Å²) in [5.74, 6) is -0.303. The van der Waals surface area contributed by atoms with E-state index in [9.17, 15) is 14.7 Å². The number of fused-ring (bicyclic) bond motifs is 1. The van der Waals surface area contributed by atoms with Crippen molar-refractivity contribution >= 4 is 22.8 Å². The number of imidazole rings is 1. The fourth-order valence-electron chi connectivity index (χ4n) is 4.23. The Morgan fingerprint density at radius 2 is 1.58 bits per heavy atom. The van der Waals surface area contributed by atoms with Crippen molar-refractivity contribution in [1.82, 2.24) is 19.8 Å². The zero-order valence-electron chi connectivity index (χ0n) is 18.1. The molecule has 3 aromatic carbocycles. The number of phenolic OH excluding ortho intramolecular Hbond substituents is 1. The molecule has 0 spiro atoms. The van der Waals surface area contributed by atoms with Gasteiger partial charge in [-0.3, -0.25) is 9.59 Å². The maximum atomic E-state index is 13.1. The fourth-order valence-corrected chi connectivity index (χ4v) is 4.23. The predicted molar refractivity (Wildman–Crippen MR) is 125 cm³/mol. The van der Waals surface area contributed by atoms with Crippen molar-refractivity contribution in [2.24, 2.45) is 0 Å². The van der Waals surface area contributed by atoms with Crippen LogP contribution < -0.4 is 0 Å². The van der Waals surface area contributed by atoms with E-state index in [-0.39, 0.29) is 17.6 Å². The number of carbonyl (C=O) groups excluding carboxylic acids is 2. The molecule has 4 aromatic rings. The molecule has 0 aliphatic carbocycles. The van der Waals surface area contributed by atoms with Gasteiger partial charge in [-0.2, -0.15) is 0 Å². The lowest BCUT2D eigenvalue weighted by Crippen LogP contribution is -2.50. The Balaban J connectivity index is 1.25. The SMILES string of the molecule is O=C(c1ccc2nc[nH]c2c1)N1CCN(C(=O)c2cc(Cc3ccccc3)ccc2O)CC1. The number of rotatable bonds is 4. The van der Waals surface area contributed by atoms with Crippen molar-refractivity contribution in [2.45, 2.75) is 6.42 Å². The van der Waals surface area contributed by atoms with Gasteiger partial charge in [-0.25, -0.2) is 4.98 Å². The Morgan fingerprint density at radius 3 is 2.33 bits per heavy atom. The van der Waals surface area contributed by atoms with Crippen LogP contribution in [0.3, 0.4) is 0 Å². The average molecular weight is 441 g/mol. The summed E-state index contributed by atoms with van der Waals surface area (Å²) in [5.41, 5.74) is 4.63. The van der Waals surface area contributed by atoms with Gasteiger partial charge in [0.05, 0.1) is 22.9 Å². The van der Waals surface area contributed by atoms with Gasteiger partial charge >= 0.3 is 0 Å². The molecule has 0 bridgehead atoms.